The lowest BCUT2D eigenvalue weighted by Gasteiger charge is -2.56. The van der Waals surface area contributed by atoms with Gasteiger partial charge < -0.3 is 5.11 Å². The fourth-order valence-electron chi connectivity index (χ4n) is 4.04. The molecule has 3 unspecified atom stereocenters. The molecule has 2 fully saturated rings. The lowest BCUT2D eigenvalue weighted by Crippen LogP contribution is -2.51. The third kappa shape index (κ3) is 1.56. The van der Waals surface area contributed by atoms with Gasteiger partial charge in [0.25, 0.3) is 0 Å². The highest BCUT2D eigenvalue weighted by atomic mass is 16.3. The van der Waals surface area contributed by atoms with Crippen LogP contribution in [0, 0.1) is 22.7 Å². The molecule has 0 aromatic heterocycles. The topological polar surface area (TPSA) is 20.2 Å². The van der Waals surface area contributed by atoms with Gasteiger partial charge in [0.1, 0.15) is 0 Å². The first-order valence-electron chi connectivity index (χ1n) is 6.12. The molecule has 86 valence electrons. The first-order chi connectivity index (χ1) is 6.76. The highest BCUT2D eigenvalue weighted by Gasteiger charge is 2.52. The maximum absolute atomic E-state index is 10.3. The number of aliphatic hydroxyl groups is 1. The second-order valence-electron chi connectivity index (χ2n) is 6.89. The van der Waals surface area contributed by atoms with Crippen molar-refractivity contribution in [3.8, 4) is 0 Å². The molecule has 0 heterocycles. The largest absolute Gasteiger partial charge is 0.392 e. The van der Waals surface area contributed by atoms with E-state index in [9.17, 15) is 5.11 Å². The maximum atomic E-state index is 10.3. The molecular weight excluding hydrogens is 184 g/mol. The molecule has 15 heavy (non-hydrogen) atoms. The van der Waals surface area contributed by atoms with Crippen LogP contribution in [0.2, 0.25) is 0 Å². The third-order valence-electron chi connectivity index (χ3n) is 4.83. The molecule has 1 N–H and O–H groups in total. The summed E-state index contributed by atoms with van der Waals surface area (Å²) in [6.45, 7) is 13.4. The number of hydrogen-bond acceptors (Lipinski definition) is 1. The minimum Gasteiger partial charge on any atom is -0.392 e. The van der Waals surface area contributed by atoms with Crippen molar-refractivity contribution >= 4 is 0 Å². The van der Waals surface area contributed by atoms with E-state index >= 15 is 0 Å². The Morgan fingerprint density at radius 1 is 1.20 bits per heavy atom. The van der Waals surface area contributed by atoms with E-state index in [1.54, 1.807) is 0 Å². The number of rotatable bonds is 0. The quantitative estimate of drug-likeness (QED) is 0.605. The van der Waals surface area contributed by atoms with Gasteiger partial charge in [-0.15, -0.1) is 0 Å². The van der Waals surface area contributed by atoms with Crippen LogP contribution in [0.25, 0.3) is 0 Å². The average Bonchev–Trinajstić information content (AvgIpc) is 1.97. The van der Waals surface area contributed by atoms with E-state index in [0.29, 0.717) is 11.8 Å². The Labute approximate surface area is 93.6 Å². The normalized spacial score (nSPS) is 42.7. The zero-order chi connectivity index (χ0) is 11.4. The Hall–Kier alpha value is -0.300. The van der Waals surface area contributed by atoms with Gasteiger partial charge in [0, 0.05) is 5.92 Å². The van der Waals surface area contributed by atoms with Gasteiger partial charge in [-0.2, -0.15) is 0 Å². The van der Waals surface area contributed by atoms with Gasteiger partial charge in [-0.05, 0) is 36.0 Å². The summed E-state index contributed by atoms with van der Waals surface area (Å²) in [5, 5.41) is 10.3. The smallest absolute Gasteiger partial charge is 0.0615 e. The standard InChI is InChI=1S/C14H24O/c1-9-10-6-7-13(2,3)12(9)11(15)8-14(10,4)5/h10-12,15H,1,6-8H2,2-5H3. The van der Waals surface area contributed by atoms with Crippen molar-refractivity contribution in [2.24, 2.45) is 22.7 Å². The second-order valence-corrected chi connectivity index (χ2v) is 6.89. The molecule has 0 aliphatic heterocycles. The monoisotopic (exact) mass is 208 g/mol. The number of aliphatic hydroxyl groups excluding tert-OH is 1. The van der Waals surface area contributed by atoms with Gasteiger partial charge in [-0.1, -0.05) is 39.8 Å². The first kappa shape index (κ1) is 11.2. The molecule has 0 amide bonds. The fourth-order valence-corrected chi connectivity index (χ4v) is 4.04. The minimum absolute atomic E-state index is 0.181. The maximum Gasteiger partial charge on any atom is 0.0615 e. The molecule has 2 aliphatic carbocycles. The molecule has 2 aliphatic rings. The summed E-state index contributed by atoms with van der Waals surface area (Å²) in [4.78, 5) is 0. The van der Waals surface area contributed by atoms with Gasteiger partial charge in [0.15, 0.2) is 0 Å². The van der Waals surface area contributed by atoms with E-state index < -0.39 is 0 Å². The molecule has 3 atom stereocenters. The summed E-state index contributed by atoms with van der Waals surface area (Å²) in [5.74, 6) is 0.947. The molecule has 0 saturated heterocycles. The Morgan fingerprint density at radius 3 is 2.40 bits per heavy atom. The predicted molar refractivity (Wildman–Crippen MR) is 63.5 cm³/mol. The number of fused-ring (bicyclic) bond motifs is 2. The molecule has 2 saturated carbocycles. The highest BCUT2D eigenvalue weighted by molar-refractivity contribution is 5.22. The molecule has 2 bridgehead atoms. The molecule has 1 heteroatoms. The first-order valence-corrected chi connectivity index (χ1v) is 6.12. The van der Waals surface area contributed by atoms with Crippen LogP contribution in [0.5, 0.6) is 0 Å². The summed E-state index contributed by atoms with van der Waals surface area (Å²) in [7, 11) is 0. The van der Waals surface area contributed by atoms with Crippen molar-refractivity contribution in [1.82, 2.24) is 0 Å². The molecule has 0 aromatic carbocycles. The zero-order valence-corrected chi connectivity index (χ0v) is 10.5. The van der Waals surface area contributed by atoms with Crippen molar-refractivity contribution in [3.63, 3.8) is 0 Å². The van der Waals surface area contributed by atoms with Crippen molar-refractivity contribution in [1.29, 1.82) is 0 Å². The van der Waals surface area contributed by atoms with Crippen LogP contribution < -0.4 is 0 Å². The van der Waals surface area contributed by atoms with E-state index in [0.717, 1.165) is 6.42 Å². The summed E-state index contributed by atoms with van der Waals surface area (Å²) in [6, 6.07) is 0. The summed E-state index contributed by atoms with van der Waals surface area (Å²) < 4.78 is 0. The predicted octanol–water partition coefficient (Wildman–Crippen LogP) is 3.39. The van der Waals surface area contributed by atoms with Crippen LogP contribution >= 0.6 is 0 Å². The zero-order valence-electron chi connectivity index (χ0n) is 10.5. The molecule has 1 nitrogen and oxygen atoms in total. The lowest BCUT2D eigenvalue weighted by atomic mass is 9.50. The second kappa shape index (κ2) is 3.10. The van der Waals surface area contributed by atoms with E-state index in [2.05, 4.69) is 34.3 Å². The van der Waals surface area contributed by atoms with Gasteiger partial charge in [0.05, 0.1) is 6.10 Å². The van der Waals surface area contributed by atoms with Crippen molar-refractivity contribution < 1.29 is 5.11 Å². The third-order valence-corrected chi connectivity index (χ3v) is 4.83. The van der Waals surface area contributed by atoms with Gasteiger partial charge in [-0.25, -0.2) is 0 Å². The summed E-state index contributed by atoms with van der Waals surface area (Å²) in [5.41, 5.74) is 1.79. The van der Waals surface area contributed by atoms with Crippen LogP contribution in [0.1, 0.15) is 47.0 Å². The van der Waals surface area contributed by atoms with Crippen molar-refractivity contribution in [2.45, 2.75) is 53.1 Å². The van der Waals surface area contributed by atoms with Crippen LogP contribution in [0.3, 0.4) is 0 Å². The molecule has 0 radical (unpaired) electrons. The molecule has 0 aromatic rings. The highest BCUT2D eigenvalue weighted by Crippen LogP contribution is 2.58. The van der Waals surface area contributed by atoms with E-state index in [-0.39, 0.29) is 16.9 Å². The van der Waals surface area contributed by atoms with Crippen molar-refractivity contribution in [2.75, 3.05) is 0 Å². The van der Waals surface area contributed by atoms with Gasteiger partial charge in [0.2, 0.25) is 0 Å². The van der Waals surface area contributed by atoms with Crippen molar-refractivity contribution in [3.05, 3.63) is 12.2 Å². The Bertz CT molecular complexity index is 286. The van der Waals surface area contributed by atoms with Gasteiger partial charge >= 0.3 is 0 Å². The molecule has 0 spiro atoms. The Balaban J connectivity index is 2.37. The summed E-state index contributed by atoms with van der Waals surface area (Å²) >= 11 is 0. The average molecular weight is 208 g/mol. The SMILES string of the molecule is C=C1C2CCC(C)(C)C1C(O)CC2(C)C. The van der Waals surface area contributed by atoms with Crippen LogP contribution in [0.15, 0.2) is 12.2 Å². The molecule has 2 rings (SSSR count). The van der Waals surface area contributed by atoms with Crippen LogP contribution in [-0.2, 0) is 0 Å². The van der Waals surface area contributed by atoms with Crippen LogP contribution in [-0.4, -0.2) is 11.2 Å². The Kier molecular flexibility index (Phi) is 2.31. The van der Waals surface area contributed by atoms with Gasteiger partial charge in [-0.3, -0.25) is 0 Å². The van der Waals surface area contributed by atoms with E-state index in [1.807, 2.05) is 0 Å². The van der Waals surface area contributed by atoms with E-state index in [1.165, 1.54) is 18.4 Å². The molecular formula is C14H24O. The van der Waals surface area contributed by atoms with Crippen LogP contribution in [0.4, 0.5) is 0 Å². The lowest BCUT2D eigenvalue weighted by molar-refractivity contribution is -0.0585. The number of hydrogen-bond donors (Lipinski definition) is 1. The fraction of sp³-hybridized carbons (Fsp3) is 0.857. The summed E-state index contributed by atoms with van der Waals surface area (Å²) in [6.07, 6.45) is 3.23. The van der Waals surface area contributed by atoms with E-state index in [4.69, 9.17) is 0 Å². The Morgan fingerprint density at radius 2 is 1.80 bits per heavy atom. The minimum atomic E-state index is -0.181.